The summed E-state index contributed by atoms with van der Waals surface area (Å²) in [7, 11) is 0. The molecule has 0 unspecified atom stereocenters. The Labute approximate surface area is 136 Å². The van der Waals surface area contributed by atoms with Crippen molar-refractivity contribution in [2.24, 2.45) is 0 Å². The Morgan fingerprint density at radius 2 is 1.96 bits per heavy atom. The fourth-order valence-electron chi connectivity index (χ4n) is 2.77. The summed E-state index contributed by atoms with van der Waals surface area (Å²) in [5, 5.41) is 0.952. The van der Waals surface area contributed by atoms with Gasteiger partial charge in [0.15, 0.2) is 0 Å². The van der Waals surface area contributed by atoms with Crippen molar-refractivity contribution < 1.29 is 8.81 Å². The van der Waals surface area contributed by atoms with Gasteiger partial charge in [-0.2, -0.15) is 0 Å². The van der Waals surface area contributed by atoms with Crippen LogP contribution < -0.4 is 0 Å². The van der Waals surface area contributed by atoms with Gasteiger partial charge in [0.2, 0.25) is 0 Å². The van der Waals surface area contributed by atoms with E-state index >= 15 is 0 Å². The Morgan fingerprint density at radius 1 is 1.09 bits per heavy atom. The number of nitrogens with one attached hydrogen (secondary N) is 1. The lowest BCUT2D eigenvalue weighted by Crippen LogP contribution is -1.85. The van der Waals surface area contributed by atoms with E-state index in [-0.39, 0.29) is 5.02 Å². The zero-order valence-electron chi connectivity index (χ0n) is 12.2. The van der Waals surface area contributed by atoms with E-state index < -0.39 is 5.82 Å². The van der Waals surface area contributed by atoms with Crippen LogP contribution in [0.3, 0.4) is 0 Å². The molecule has 5 heteroatoms. The van der Waals surface area contributed by atoms with E-state index in [1.54, 1.807) is 24.5 Å². The minimum atomic E-state index is -0.446. The highest BCUT2D eigenvalue weighted by molar-refractivity contribution is 6.34. The standard InChI is InChI=1S/C18H12ClFN2O/c1-10-5-6-15(23-10)12-7-8-21-18-16(12)13(9-22-18)11-3-2-4-14(20)17(11)19/h2-9H,1H3,(H,21,22). The van der Waals surface area contributed by atoms with Crippen molar-refractivity contribution in [3.05, 3.63) is 65.4 Å². The summed E-state index contributed by atoms with van der Waals surface area (Å²) in [6, 6.07) is 10.5. The molecule has 3 nitrogen and oxygen atoms in total. The lowest BCUT2D eigenvalue weighted by molar-refractivity contribution is 0.549. The quantitative estimate of drug-likeness (QED) is 0.521. The van der Waals surface area contributed by atoms with Crippen molar-refractivity contribution in [3.8, 4) is 22.5 Å². The van der Waals surface area contributed by atoms with Crippen LogP contribution in [0.25, 0.3) is 33.5 Å². The molecular formula is C18H12ClFN2O. The topological polar surface area (TPSA) is 41.8 Å². The largest absolute Gasteiger partial charge is 0.461 e. The van der Waals surface area contributed by atoms with E-state index in [0.29, 0.717) is 11.2 Å². The Bertz CT molecular complexity index is 1020. The first kappa shape index (κ1) is 14.0. The number of hydrogen-bond acceptors (Lipinski definition) is 2. The van der Waals surface area contributed by atoms with Gasteiger partial charge in [-0.05, 0) is 31.2 Å². The molecule has 0 spiro atoms. The summed E-state index contributed by atoms with van der Waals surface area (Å²) in [5.74, 6) is 1.12. The number of rotatable bonds is 2. The number of furan rings is 1. The number of halogens is 2. The van der Waals surface area contributed by atoms with Gasteiger partial charge in [-0.1, -0.05) is 23.7 Å². The summed E-state index contributed by atoms with van der Waals surface area (Å²) >= 11 is 6.15. The molecule has 0 aliphatic rings. The Kier molecular flexibility index (Phi) is 3.20. The SMILES string of the molecule is Cc1ccc(-c2ccnc3[nH]cc(-c4cccc(F)c4Cl)c23)o1. The second kappa shape index (κ2) is 5.25. The van der Waals surface area contributed by atoms with Crippen LogP contribution >= 0.6 is 11.6 Å². The molecule has 0 amide bonds. The van der Waals surface area contributed by atoms with Gasteiger partial charge in [0.1, 0.15) is 23.0 Å². The third-order valence-electron chi connectivity index (χ3n) is 3.82. The number of aromatic nitrogens is 2. The molecule has 23 heavy (non-hydrogen) atoms. The maximum atomic E-state index is 13.8. The molecule has 0 atom stereocenters. The van der Waals surface area contributed by atoms with Gasteiger partial charge < -0.3 is 9.40 Å². The summed E-state index contributed by atoms with van der Waals surface area (Å²) in [4.78, 5) is 7.45. The van der Waals surface area contributed by atoms with Gasteiger partial charge in [-0.25, -0.2) is 9.37 Å². The molecule has 1 N–H and O–H groups in total. The van der Waals surface area contributed by atoms with Gasteiger partial charge in [-0.3, -0.25) is 0 Å². The maximum Gasteiger partial charge on any atom is 0.142 e. The normalized spacial score (nSPS) is 11.3. The first-order chi connectivity index (χ1) is 11.1. The molecule has 4 aromatic rings. The van der Waals surface area contributed by atoms with Gasteiger partial charge in [0.05, 0.1) is 5.02 Å². The van der Waals surface area contributed by atoms with E-state index in [0.717, 1.165) is 28.0 Å². The fraction of sp³-hybridized carbons (Fsp3) is 0.0556. The molecule has 114 valence electrons. The van der Waals surface area contributed by atoms with Crippen LogP contribution in [0, 0.1) is 12.7 Å². The third kappa shape index (κ3) is 2.23. The molecule has 0 saturated carbocycles. The Hall–Kier alpha value is -2.59. The van der Waals surface area contributed by atoms with Crippen LogP contribution in [0.1, 0.15) is 5.76 Å². The predicted octanol–water partition coefficient (Wildman–Crippen LogP) is 5.59. The van der Waals surface area contributed by atoms with E-state index in [1.807, 2.05) is 25.1 Å². The first-order valence-corrected chi connectivity index (χ1v) is 7.50. The Morgan fingerprint density at radius 3 is 2.74 bits per heavy atom. The number of aromatic amines is 1. The van der Waals surface area contributed by atoms with Crippen molar-refractivity contribution in [2.75, 3.05) is 0 Å². The number of nitrogens with zero attached hydrogens (tertiary/aromatic N) is 1. The molecule has 0 aliphatic heterocycles. The number of benzene rings is 1. The Balaban J connectivity index is 2.04. The van der Waals surface area contributed by atoms with E-state index in [1.165, 1.54) is 6.07 Å². The monoisotopic (exact) mass is 326 g/mol. The second-order valence-corrected chi connectivity index (χ2v) is 5.67. The zero-order valence-corrected chi connectivity index (χ0v) is 13.0. The lowest BCUT2D eigenvalue weighted by Gasteiger charge is -2.06. The van der Waals surface area contributed by atoms with E-state index in [2.05, 4.69) is 9.97 Å². The molecular weight excluding hydrogens is 315 g/mol. The summed E-state index contributed by atoms with van der Waals surface area (Å²) in [6.07, 6.45) is 3.50. The number of aryl methyl sites for hydroxylation is 1. The molecule has 4 rings (SSSR count). The predicted molar refractivity (Wildman–Crippen MR) is 88.9 cm³/mol. The molecule has 3 aromatic heterocycles. The minimum Gasteiger partial charge on any atom is -0.461 e. The average Bonchev–Trinajstić information content (AvgIpc) is 3.16. The summed E-state index contributed by atoms with van der Waals surface area (Å²) in [5.41, 5.74) is 3.00. The first-order valence-electron chi connectivity index (χ1n) is 7.12. The van der Waals surface area contributed by atoms with Crippen LogP contribution in [-0.4, -0.2) is 9.97 Å². The van der Waals surface area contributed by atoms with Gasteiger partial charge in [-0.15, -0.1) is 0 Å². The highest BCUT2D eigenvalue weighted by Crippen LogP contribution is 2.39. The molecule has 0 bridgehead atoms. The highest BCUT2D eigenvalue weighted by Gasteiger charge is 2.17. The number of fused-ring (bicyclic) bond motifs is 1. The van der Waals surface area contributed by atoms with Crippen molar-refractivity contribution >= 4 is 22.6 Å². The smallest absolute Gasteiger partial charge is 0.142 e. The fourth-order valence-corrected chi connectivity index (χ4v) is 2.99. The lowest BCUT2D eigenvalue weighted by atomic mass is 10.0. The number of pyridine rings is 1. The van der Waals surface area contributed by atoms with E-state index in [9.17, 15) is 4.39 Å². The molecule has 1 aromatic carbocycles. The molecule has 0 fully saturated rings. The van der Waals surface area contributed by atoms with Crippen LogP contribution in [0.2, 0.25) is 5.02 Å². The van der Waals surface area contributed by atoms with Gasteiger partial charge >= 0.3 is 0 Å². The summed E-state index contributed by atoms with van der Waals surface area (Å²) in [6.45, 7) is 1.89. The van der Waals surface area contributed by atoms with Gasteiger partial charge in [0, 0.05) is 34.5 Å². The van der Waals surface area contributed by atoms with Crippen LogP contribution in [0.5, 0.6) is 0 Å². The molecule has 3 heterocycles. The third-order valence-corrected chi connectivity index (χ3v) is 4.21. The molecule has 0 aliphatic carbocycles. The van der Waals surface area contributed by atoms with E-state index in [4.69, 9.17) is 16.0 Å². The zero-order chi connectivity index (χ0) is 16.0. The molecule has 0 radical (unpaired) electrons. The maximum absolute atomic E-state index is 13.8. The number of hydrogen-bond donors (Lipinski definition) is 1. The van der Waals surface area contributed by atoms with Crippen molar-refractivity contribution in [1.82, 2.24) is 9.97 Å². The second-order valence-electron chi connectivity index (χ2n) is 5.30. The minimum absolute atomic E-state index is 0.0961. The van der Waals surface area contributed by atoms with Crippen molar-refractivity contribution in [1.29, 1.82) is 0 Å². The van der Waals surface area contributed by atoms with Crippen LogP contribution in [0.4, 0.5) is 4.39 Å². The van der Waals surface area contributed by atoms with Crippen LogP contribution in [0.15, 0.2) is 53.2 Å². The average molecular weight is 327 g/mol. The summed E-state index contributed by atoms with van der Waals surface area (Å²) < 4.78 is 19.6. The number of H-pyrrole nitrogens is 1. The van der Waals surface area contributed by atoms with Crippen LogP contribution in [-0.2, 0) is 0 Å². The van der Waals surface area contributed by atoms with Crippen molar-refractivity contribution in [2.45, 2.75) is 6.92 Å². The van der Waals surface area contributed by atoms with Gasteiger partial charge in [0.25, 0.3) is 0 Å². The highest BCUT2D eigenvalue weighted by atomic mass is 35.5. The van der Waals surface area contributed by atoms with Crippen molar-refractivity contribution in [3.63, 3.8) is 0 Å². The molecule has 0 saturated heterocycles.